The van der Waals surface area contributed by atoms with Crippen molar-refractivity contribution in [2.75, 3.05) is 0 Å². The summed E-state index contributed by atoms with van der Waals surface area (Å²) in [4.78, 5) is 16.2. The highest BCUT2D eigenvalue weighted by Crippen LogP contribution is 2.41. The number of rotatable bonds is 4. The minimum absolute atomic E-state index is 0.563. The van der Waals surface area contributed by atoms with Crippen LogP contribution in [0.1, 0.15) is 0 Å². The molecule has 0 aliphatic carbocycles. The summed E-state index contributed by atoms with van der Waals surface area (Å²) in [6.45, 7) is 0. The molecule has 0 saturated carbocycles. The van der Waals surface area contributed by atoms with Crippen LogP contribution < -0.4 is 0 Å². The molecule has 0 atom stereocenters. The summed E-state index contributed by atoms with van der Waals surface area (Å²) < 4.78 is 6.81. The third kappa shape index (κ3) is 4.16. The molecule has 0 aliphatic rings. The van der Waals surface area contributed by atoms with Gasteiger partial charge in [-0.2, -0.15) is 15.0 Å². The second-order valence-corrected chi connectivity index (χ2v) is 14.8. The number of aromatic nitrogens is 6. The van der Waals surface area contributed by atoms with Crippen molar-refractivity contribution in [1.82, 2.24) is 28.5 Å². The van der Waals surface area contributed by atoms with Gasteiger partial charge in [-0.15, -0.1) is 0 Å². The number of nitrogens with zero attached hydrogens (tertiary/aromatic N) is 6. The molecular weight excluding hydrogens is 697 g/mol. The van der Waals surface area contributed by atoms with E-state index < -0.39 is 0 Å². The maximum absolute atomic E-state index is 5.41. The molecule has 0 radical (unpaired) electrons. The van der Waals surface area contributed by atoms with Crippen molar-refractivity contribution in [1.29, 1.82) is 0 Å². The third-order valence-corrected chi connectivity index (χ3v) is 11.9. The zero-order valence-electron chi connectivity index (χ0n) is 30.5. The number of benzene rings is 8. The Morgan fingerprint density at radius 1 is 0.316 bits per heavy atom. The first-order valence-electron chi connectivity index (χ1n) is 19.3. The summed E-state index contributed by atoms with van der Waals surface area (Å²) in [5.41, 5.74) is 11.0. The van der Waals surface area contributed by atoms with E-state index in [1.807, 2.05) is 0 Å². The molecule has 0 unspecified atom stereocenters. The van der Waals surface area contributed by atoms with Crippen LogP contribution in [0.15, 0.2) is 182 Å². The topological polar surface area (TPSA) is 52.9 Å². The van der Waals surface area contributed by atoms with Gasteiger partial charge in [0.1, 0.15) is 0 Å². The predicted octanol–water partition coefficient (Wildman–Crippen LogP) is 12.5. The summed E-state index contributed by atoms with van der Waals surface area (Å²) in [5.74, 6) is 1.74. The van der Waals surface area contributed by atoms with E-state index in [0.717, 1.165) is 43.8 Å². The van der Waals surface area contributed by atoms with Crippen LogP contribution in [0.5, 0.6) is 0 Å². The molecule has 5 heterocycles. The van der Waals surface area contributed by atoms with Crippen LogP contribution in [-0.2, 0) is 0 Å². The molecule has 5 aromatic heterocycles. The van der Waals surface area contributed by atoms with Crippen LogP contribution in [0, 0.1) is 0 Å². The quantitative estimate of drug-likeness (QED) is 0.181. The highest BCUT2D eigenvalue weighted by atomic mass is 15.3. The van der Waals surface area contributed by atoms with Crippen molar-refractivity contribution < 1.29 is 0 Å². The maximum atomic E-state index is 5.41. The van der Waals surface area contributed by atoms with Crippen LogP contribution in [0.3, 0.4) is 0 Å². The summed E-state index contributed by atoms with van der Waals surface area (Å²) >= 11 is 0. The fourth-order valence-corrected chi connectivity index (χ4v) is 9.49. The zero-order valence-corrected chi connectivity index (χ0v) is 30.5. The van der Waals surface area contributed by atoms with Gasteiger partial charge < -0.3 is 4.40 Å². The molecule has 57 heavy (non-hydrogen) atoms. The van der Waals surface area contributed by atoms with Gasteiger partial charge in [0.25, 0.3) is 0 Å². The summed E-state index contributed by atoms with van der Waals surface area (Å²) in [6.07, 6.45) is 0. The Morgan fingerprint density at radius 3 is 1.51 bits per heavy atom. The second kappa shape index (κ2) is 11.4. The lowest BCUT2D eigenvalue weighted by Crippen LogP contribution is -2.10. The minimum Gasteiger partial charge on any atom is -0.308 e. The van der Waals surface area contributed by atoms with Crippen LogP contribution >= 0.6 is 0 Å². The molecule has 13 rings (SSSR count). The Morgan fingerprint density at radius 2 is 0.807 bits per heavy atom. The Labute approximate surface area is 325 Å². The monoisotopic (exact) mass is 726 g/mol. The maximum Gasteiger partial charge on any atom is 0.240 e. The summed E-state index contributed by atoms with van der Waals surface area (Å²) in [7, 11) is 0. The minimum atomic E-state index is 0.563. The van der Waals surface area contributed by atoms with Crippen LogP contribution in [0.4, 0.5) is 0 Å². The smallest absolute Gasteiger partial charge is 0.240 e. The molecule has 264 valence electrons. The van der Waals surface area contributed by atoms with E-state index in [2.05, 4.69) is 196 Å². The highest BCUT2D eigenvalue weighted by molar-refractivity contribution is 6.23. The average molecular weight is 727 g/mol. The molecule has 6 heteroatoms. The lowest BCUT2D eigenvalue weighted by molar-refractivity contribution is 0.893. The average Bonchev–Trinajstić information content (AvgIpc) is 4.01. The Balaban J connectivity index is 1.13. The summed E-state index contributed by atoms with van der Waals surface area (Å²) in [6, 6.07) is 64.7. The normalized spacial score (nSPS) is 12.2. The second-order valence-electron chi connectivity index (χ2n) is 14.8. The van der Waals surface area contributed by atoms with Crippen LogP contribution in [0.25, 0.3) is 116 Å². The molecular formula is C51H30N6. The first-order valence-corrected chi connectivity index (χ1v) is 19.3. The van der Waals surface area contributed by atoms with E-state index in [4.69, 9.17) is 15.0 Å². The largest absolute Gasteiger partial charge is 0.308 e. The lowest BCUT2D eigenvalue weighted by atomic mass is 9.99. The summed E-state index contributed by atoms with van der Waals surface area (Å²) in [5, 5.41) is 9.53. The molecule has 0 amide bonds. The third-order valence-electron chi connectivity index (χ3n) is 11.9. The van der Waals surface area contributed by atoms with Gasteiger partial charge in [-0.25, -0.2) is 0 Å². The molecule has 13 aromatic rings. The van der Waals surface area contributed by atoms with Crippen molar-refractivity contribution in [2.45, 2.75) is 0 Å². The number of para-hydroxylation sites is 5. The van der Waals surface area contributed by atoms with E-state index in [1.165, 1.54) is 54.6 Å². The van der Waals surface area contributed by atoms with Gasteiger partial charge >= 0.3 is 0 Å². The van der Waals surface area contributed by atoms with Gasteiger partial charge in [-0.3, -0.25) is 9.13 Å². The Bertz CT molecular complexity index is 3700. The van der Waals surface area contributed by atoms with E-state index in [9.17, 15) is 0 Å². The fraction of sp³-hybridized carbons (Fsp3) is 0. The first-order chi connectivity index (χ1) is 28.3. The lowest BCUT2D eigenvalue weighted by Gasteiger charge is -2.13. The molecule has 0 aliphatic heterocycles. The molecule has 0 fully saturated rings. The Kier molecular flexibility index (Phi) is 6.07. The van der Waals surface area contributed by atoms with Gasteiger partial charge in [-0.1, -0.05) is 133 Å². The van der Waals surface area contributed by atoms with Gasteiger partial charge in [0, 0.05) is 48.7 Å². The molecule has 0 spiro atoms. The number of hydrogen-bond acceptors (Lipinski definition) is 3. The molecule has 0 saturated heterocycles. The predicted molar refractivity (Wildman–Crippen MR) is 234 cm³/mol. The van der Waals surface area contributed by atoms with Gasteiger partial charge in [0.05, 0.1) is 38.6 Å². The van der Waals surface area contributed by atoms with E-state index >= 15 is 0 Å². The standard InChI is InChI=1S/C51H30N6/c1-2-14-31(15-3-1)33-20-13-27-46-47(33)39-19-7-11-26-44(39)57(46)51-53-49(52-50(54-51)56-42-24-9-4-16-34(42)35-17-5-10-25-43(35)56)32-28-29-45-40(30-32)38-22-12-21-37-36-18-6-8-23-41(36)55(45)48(37)38/h1-30H. The van der Waals surface area contributed by atoms with Crippen molar-refractivity contribution in [2.24, 2.45) is 0 Å². The molecule has 6 nitrogen and oxygen atoms in total. The van der Waals surface area contributed by atoms with E-state index in [0.29, 0.717) is 17.7 Å². The van der Waals surface area contributed by atoms with E-state index in [1.54, 1.807) is 0 Å². The fourth-order valence-electron chi connectivity index (χ4n) is 9.49. The molecule has 8 aromatic carbocycles. The van der Waals surface area contributed by atoms with E-state index in [-0.39, 0.29) is 0 Å². The van der Waals surface area contributed by atoms with Gasteiger partial charge in [-0.05, 0) is 59.7 Å². The van der Waals surface area contributed by atoms with Crippen molar-refractivity contribution in [3.05, 3.63) is 182 Å². The van der Waals surface area contributed by atoms with Gasteiger partial charge in [0.15, 0.2) is 5.82 Å². The van der Waals surface area contributed by atoms with Crippen molar-refractivity contribution >= 4 is 81.7 Å². The van der Waals surface area contributed by atoms with Crippen molar-refractivity contribution in [3.63, 3.8) is 0 Å². The van der Waals surface area contributed by atoms with Gasteiger partial charge in [0.2, 0.25) is 11.9 Å². The van der Waals surface area contributed by atoms with Crippen molar-refractivity contribution in [3.8, 4) is 34.4 Å². The molecule has 0 N–H and O–H groups in total. The first kappa shape index (κ1) is 30.5. The number of hydrogen-bond donors (Lipinski definition) is 0. The Hall–Kier alpha value is -7.83. The van der Waals surface area contributed by atoms with Crippen LogP contribution in [-0.4, -0.2) is 28.5 Å². The highest BCUT2D eigenvalue weighted by Gasteiger charge is 2.23. The van der Waals surface area contributed by atoms with Crippen LogP contribution in [0.2, 0.25) is 0 Å². The zero-order chi connectivity index (χ0) is 37.2. The molecule has 0 bridgehead atoms. The number of fused-ring (bicyclic) bond motifs is 12. The SMILES string of the molecule is c1ccc(-c2cccc3c2c2ccccc2n3-c2nc(-c3ccc4c(c3)c3cccc5c6ccccc6n4c53)nc(-n3c4ccccc4c4ccccc43)n2)cc1.